The molecule has 3 aromatic carbocycles. The zero-order valence-electron chi connectivity index (χ0n) is 21.1. The number of hydrogen-bond acceptors (Lipinski definition) is 4. The van der Waals surface area contributed by atoms with Crippen molar-refractivity contribution < 1.29 is 0 Å². The second kappa shape index (κ2) is 12.0. The summed E-state index contributed by atoms with van der Waals surface area (Å²) in [4.78, 5) is 15.4. The van der Waals surface area contributed by atoms with Crippen molar-refractivity contribution in [1.29, 1.82) is 0 Å². The van der Waals surface area contributed by atoms with Gasteiger partial charge >= 0.3 is 0 Å². The van der Waals surface area contributed by atoms with Crippen LogP contribution >= 0.6 is 0 Å². The molecule has 186 valence electrons. The summed E-state index contributed by atoms with van der Waals surface area (Å²) in [7, 11) is 0. The Morgan fingerprint density at radius 1 is 0.833 bits per heavy atom. The second-order valence-corrected chi connectivity index (χ2v) is 9.50. The lowest BCUT2D eigenvalue weighted by Crippen LogP contribution is -2.21. The van der Waals surface area contributed by atoms with Gasteiger partial charge in [0.15, 0.2) is 0 Å². The summed E-state index contributed by atoms with van der Waals surface area (Å²) in [5, 5.41) is 9.16. The number of nitrogens with one attached hydrogen (secondary N) is 4. The summed E-state index contributed by atoms with van der Waals surface area (Å²) in [5.74, 6) is 0.978. The van der Waals surface area contributed by atoms with Crippen LogP contribution in [0.5, 0.6) is 0 Å². The summed E-state index contributed by atoms with van der Waals surface area (Å²) in [5.41, 5.74) is 6.64. The Balaban J connectivity index is 0.000000391. The maximum atomic E-state index is 4.52. The molecule has 0 atom stereocenters. The van der Waals surface area contributed by atoms with Gasteiger partial charge < -0.3 is 20.6 Å². The van der Waals surface area contributed by atoms with Gasteiger partial charge in [0, 0.05) is 5.56 Å². The van der Waals surface area contributed by atoms with Gasteiger partial charge in [-0.3, -0.25) is 0 Å². The van der Waals surface area contributed by atoms with Gasteiger partial charge in [0.2, 0.25) is 0 Å². The fourth-order valence-corrected chi connectivity index (χ4v) is 4.62. The Bertz CT molecular complexity index is 1380. The molecule has 1 saturated heterocycles. The number of imidazole rings is 2. The third-order valence-electron chi connectivity index (χ3n) is 6.74. The molecule has 5 aromatic rings. The number of aromatic amines is 2. The average molecular weight is 481 g/mol. The van der Waals surface area contributed by atoms with E-state index < -0.39 is 0 Å². The first-order valence-electron chi connectivity index (χ1n) is 13.2. The van der Waals surface area contributed by atoms with E-state index in [2.05, 4.69) is 92.1 Å². The molecule has 1 aliphatic heterocycles. The van der Waals surface area contributed by atoms with Crippen LogP contribution in [0.1, 0.15) is 44.9 Å². The number of H-pyrrole nitrogens is 2. The van der Waals surface area contributed by atoms with Gasteiger partial charge in [0.05, 0.1) is 35.8 Å². The van der Waals surface area contributed by atoms with Crippen LogP contribution in [-0.2, 0) is 6.54 Å². The van der Waals surface area contributed by atoms with Gasteiger partial charge in [-0.15, -0.1) is 0 Å². The van der Waals surface area contributed by atoms with E-state index >= 15 is 0 Å². The zero-order valence-corrected chi connectivity index (χ0v) is 21.1. The molecular weight excluding hydrogens is 444 g/mol. The lowest BCUT2D eigenvalue weighted by atomic mass is 9.99. The van der Waals surface area contributed by atoms with Crippen LogP contribution in [0, 0.1) is 0 Å². The molecule has 36 heavy (non-hydrogen) atoms. The van der Waals surface area contributed by atoms with Gasteiger partial charge in [0.25, 0.3) is 0 Å². The van der Waals surface area contributed by atoms with E-state index in [4.69, 9.17) is 0 Å². The fraction of sp³-hybridized carbons (Fsp3) is 0.333. The lowest BCUT2D eigenvalue weighted by molar-refractivity contribution is 0.520. The minimum atomic E-state index is 0.775. The van der Waals surface area contributed by atoms with E-state index in [0.29, 0.717) is 0 Å². The maximum Gasteiger partial charge on any atom is 0.120 e. The Kier molecular flexibility index (Phi) is 8.06. The van der Waals surface area contributed by atoms with E-state index in [-0.39, 0.29) is 0 Å². The van der Waals surface area contributed by atoms with Crippen molar-refractivity contribution in [3.8, 4) is 22.4 Å². The van der Waals surface area contributed by atoms with Crippen LogP contribution in [0.25, 0.3) is 44.2 Å². The SMILES string of the molecule is C1CCNCC1.CCCCNCc1ncc(-c2ccc3cc(-c4ccc5nc[nH]c5c4)ccc3c2)[nH]1. The van der Waals surface area contributed by atoms with E-state index in [9.17, 15) is 0 Å². The summed E-state index contributed by atoms with van der Waals surface area (Å²) in [6.45, 7) is 6.50. The molecule has 0 radical (unpaired) electrons. The summed E-state index contributed by atoms with van der Waals surface area (Å²) >= 11 is 0. The summed E-state index contributed by atoms with van der Waals surface area (Å²) in [6, 6.07) is 19.5. The van der Waals surface area contributed by atoms with Crippen molar-refractivity contribution in [2.24, 2.45) is 0 Å². The zero-order chi connectivity index (χ0) is 24.6. The minimum Gasteiger partial charge on any atom is -0.345 e. The number of piperidine rings is 1. The molecule has 1 aliphatic rings. The molecule has 6 heteroatoms. The highest BCUT2D eigenvalue weighted by Gasteiger charge is 2.07. The van der Waals surface area contributed by atoms with Crippen molar-refractivity contribution in [3.05, 3.63) is 72.9 Å². The van der Waals surface area contributed by atoms with Crippen LogP contribution in [-0.4, -0.2) is 39.6 Å². The Labute approximate surface area is 213 Å². The van der Waals surface area contributed by atoms with Gasteiger partial charge in [-0.05, 0) is 85.1 Å². The van der Waals surface area contributed by atoms with Crippen LogP contribution in [0.2, 0.25) is 0 Å². The number of hydrogen-bond donors (Lipinski definition) is 4. The highest BCUT2D eigenvalue weighted by Crippen LogP contribution is 2.29. The fourth-order valence-electron chi connectivity index (χ4n) is 4.62. The number of nitrogens with zero attached hydrogens (tertiary/aromatic N) is 2. The minimum absolute atomic E-state index is 0.775. The first-order chi connectivity index (χ1) is 17.8. The highest BCUT2D eigenvalue weighted by molar-refractivity contribution is 5.91. The maximum absolute atomic E-state index is 4.52. The molecule has 0 amide bonds. The average Bonchev–Trinajstić information content (AvgIpc) is 3.61. The molecule has 1 fully saturated rings. The quantitative estimate of drug-likeness (QED) is 0.203. The molecule has 2 aromatic heterocycles. The van der Waals surface area contributed by atoms with Crippen LogP contribution < -0.4 is 10.6 Å². The molecule has 6 rings (SSSR count). The standard InChI is InChI=1S/C25H25N5.C5H11N/c1-2-3-10-26-15-25-27-14-24(30-25)21-7-6-17-11-18(4-5-19(17)12-21)20-8-9-22-23(13-20)29-16-28-22;1-2-4-6-5-3-1/h4-9,11-14,16,26H,2-3,10,15H2,1H3,(H,27,30)(H,28,29);6H,1-5H2. The largest absolute Gasteiger partial charge is 0.345 e. The number of unbranched alkanes of at least 4 members (excludes halogenated alkanes) is 1. The normalized spacial score (nSPS) is 13.6. The smallest absolute Gasteiger partial charge is 0.120 e. The Morgan fingerprint density at radius 3 is 2.33 bits per heavy atom. The molecular formula is C30H36N6. The lowest BCUT2D eigenvalue weighted by Gasteiger charge is -2.08. The van der Waals surface area contributed by atoms with E-state index in [0.717, 1.165) is 41.2 Å². The predicted molar refractivity (Wildman–Crippen MR) is 150 cm³/mol. The van der Waals surface area contributed by atoms with Crippen LogP contribution in [0.3, 0.4) is 0 Å². The van der Waals surface area contributed by atoms with Crippen LogP contribution in [0.4, 0.5) is 0 Å². The predicted octanol–water partition coefficient (Wildman–Crippen LogP) is 6.42. The summed E-state index contributed by atoms with van der Waals surface area (Å²) < 4.78 is 0. The number of fused-ring (bicyclic) bond motifs is 2. The van der Waals surface area contributed by atoms with Crippen LogP contribution in [0.15, 0.2) is 67.1 Å². The third kappa shape index (κ3) is 6.01. The molecule has 0 spiro atoms. The molecule has 6 nitrogen and oxygen atoms in total. The molecule has 0 bridgehead atoms. The van der Waals surface area contributed by atoms with Gasteiger partial charge in [-0.25, -0.2) is 9.97 Å². The van der Waals surface area contributed by atoms with Gasteiger partial charge in [-0.1, -0.05) is 50.1 Å². The molecule has 0 saturated carbocycles. The first kappa shape index (κ1) is 24.2. The van der Waals surface area contributed by atoms with Crippen molar-refractivity contribution in [2.45, 2.75) is 45.6 Å². The second-order valence-electron chi connectivity index (χ2n) is 9.50. The van der Waals surface area contributed by atoms with Gasteiger partial charge in [0.1, 0.15) is 5.82 Å². The highest BCUT2D eigenvalue weighted by atomic mass is 15.0. The summed E-state index contributed by atoms with van der Waals surface area (Å²) in [6.07, 6.45) is 10.3. The third-order valence-corrected chi connectivity index (χ3v) is 6.74. The Hall–Kier alpha value is -3.48. The first-order valence-corrected chi connectivity index (χ1v) is 13.2. The molecule has 0 unspecified atom stereocenters. The van der Waals surface area contributed by atoms with Crippen molar-refractivity contribution in [2.75, 3.05) is 19.6 Å². The monoisotopic (exact) mass is 480 g/mol. The van der Waals surface area contributed by atoms with Crippen molar-refractivity contribution in [1.82, 2.24) is 30.6 Å². The number of benzene rings is 3. The number of aromatic nitrogens is 4. The van der Waals surface area contributed by atoms with E-state index in [1.807, 2.05) is 6.20 Å². The van der Waals surface area contributed by atoms with E-state index in [1.54, 1.807) is 6.33 Å². The van der Waals surface area contributed by atoms with Crippen molar-refractivity contribution >= 4 is 21.8 Å². The molecule has 3 heterocycles. The Morgan fingerprint density at radius 2 is 1.58 bits per heavy atom. The van der Waals surface area contributed by atoms with Crippen molar-refractivity contribution in [3.63, 3.8) is 0 Å². The van der Waals surface area contributed by atoms with E-state index in [1.165, 1.54) is 67.1 Å². The van der Waals surface area contributed by atoms with Gasteiger partial charge in [-0.2, -0.15) is 0 Å². The molecule has 4 N–H and O–H groups in total. The number of rotatable bonds is 7. The molecule has 0 aliphatic carbocycles. The topological polar surface area (TPSA) is 81.4 Å².